The normalized spacial score (nSPS) is 10.8. The molecule has 0 atom stereocenters. The van der Waals surface area contributed by atoms with Gasteiger partial charge in [0.2, 0.25) is 5.91 Å². The van der Waals surface area contributed by atoms with Gasteiger partial charge in [-0.25, -0.2) is 0 Å². The fourth-order valence-corrected chi connectivity index (χ4v) is 2.54. The number of benzene rings is 2. The molecule has 22 heavy (non-hydrogen) atoms. The molecule has 0 saturated carbocycles. The molecule has 0 radical (unpaired) electrons. The van der Waals surface area contributed by atoms with Crippen LogP contribution in [0.1, 0.15) is 18.1 Å². The van der Waals surface area contributed by atoms with Crippen LogP contribution in [0.25, 0.3) is 5.70 Å². The molecule has 0 unspecified atom stereocenters. The summed E-state index contributed by atoms with van der Waals surface area (Å²) in [6.45, 7) is 2.01. The maximum Gasteiger partial charge on any atom is 0.224 e. The second-order valence-electron chi connectivity index (χ2n) is 4.67. The van der Waals surface area contributed by atoms with E-state index in [0.717, 1.165) is 28.6 Å². The Bertz CT molecular complexity index is 690. The predicted molar refractivity (Wildman–Crippen MR) is 90.3 cm³/mol. The molecule has 4 heteroatoms. The first-order valence-electron chi connectivity index (χ1n) is 6.84. The van der Waals surface area contributed by atoms with Gasteiger partial charge in [-0.05, 0) is 22.9 Å². The minimum absolute atomic E-state index is 0.0579. The van der Waals surface area contributed by atoms with Gasteiger partial charge in [0.15, 0.2) is 0 Å². The Morgan fingerprint density at radius 1 is 1.14 bits per heavy atom. The summed E-state index contributed by atoms with van der Waals surface area (Å²) in [6, 6.07) is 19.4. The first-order valence-corrected chi connectivity index (χ1v) is 7.72. The molecular formula is C18H16N2OS. The van der Waals surface area contributed by atoms with Crippen LogP contribution in [-0.4, -0.2) is 10.8 Å². The van der Waals surface area contributed by atoms with Gasteiger partial charge >= 0.3 is 0 Å². The highest BCUT2D eigenvalue weighted by molar-refractivity contribution is 8.06. The zero-order chi connectivity index (χ0) is 15.8. The summed E-state index contributed by atoms with van der Waals surface area (Å²) in [5, 5.41) is 12.6. The van der Waals surface area contributed by atoms with Crippen molar-refractivity contribution in [1.29, 1.82) is 5.26 Å². The fraction of sp³-hybridized carbons (Fsp3) is 0.111. The van der Waals surface area contributed by atoms with Crippen molar-refractivity contribution in [3.8, 4) is 5.40 Å². The van der Waals surface area contributed by atoms with Gasteiger partial charge in [-0.1, -0.05) is 60.7 Å². The molecule has 1 amide bonds. The molecule has 0 N–H and O–H groups in total. The van der Waals surface area contributed by atoms with Gasteiger partial charge in [-0.3, -0.25) is 4.79 Å². The minimum Gasteiger partial charge on any atom is -0.307 e. The van der Waals surface area contributed by atoms with Crippen LogP contribution < -0.4 is 0 Å². The topological polar surface area (TPSA) is 44.1 Å². The van der Waals surface area contributed by atoms with Crippen LogP contribution in [0.5, 0.6) is 0 Å². The Balaban J connectivity index is 2.37. The molecule has 2 aromatic rings. The number of hydrogen-bond donors (Lipinski definition) is 0. The quantitative estimate of drug-likeness (QED) is 0.776. The van der Waals surface area contributed by atoms with Gasteiger partial charge in [0.25, 0.3) is 0 Å². The molecule has 110 valence electrons. The number of nitrogens with zero attached hydrogens (tertiary/aromatic N) is 2. The van der Waals surface area contributed by atoms with Crippen LogP contribution in [0.15, 0.2) is 66.1 Å². The van der Waals surface area contributed by atoms with Gasteiger partial charge in [0.05, 0.1) is 12.2 Å². The van der Waals surface area contributed by atoms with Gasteiger partial charge in [-0.2, -0.15) is 5.26 Å². The summed E-state index contributed by atoms with van der Waals surface area (Å²) in [5.41, 5.74) is 2.70. The number of rotatable bonds is 5. The van der Waals surface area contributed by atoms with E-state index in [0.29, 0.717) is 6.54 Å². The summed E-state index contributed by atoms with van der Waals surface area (Å²) in [6.07, 6.45) is 0. The summed E-state index contributed by atoms with van der Waals surface area (Å²) in [5.74, 6) is -0.0579. The Morgan fingerprint density at radius 3 is 2.27 bits per heavy atom. The van der Waals surface area contributed by atoms with E-state index in [4.69, 9.17) is 5.26 Å². The number of carbonyl (C=O) groups is 1. The highest BCUT2D eigenvalue weighted by Crippen LogP contribution is 2.24. The third-order valence-corrected chi connectivity index (χ3v) is 3.59. The zero-order valence-electron chi connectivity index (χ0n) is 12.3. The average Bonchev–Trinajstić information content (AvgIpc) is 2.56. The maximum absolute atomic E-state index is 12.1. The molecule has 0 heterocycles. The number of carbonyl (C=O) groups excluding carboxylic acids is 1. The van der Waals surface area contributed by atoms with Crippen LogP contribution in [0.3, 0.4) is 0 Å². The monoisotopic (exact) mass is 308 g/mol. The summed E-state index contributed by atoms with van der Waals surface area (Å²) in [4.78, 5) is 13.8. The highest BCUT2D eigenvalue weighted by atomic mass is 32.2. The number of thioether (sulfide) groups is 1. The van der Waals surface area contributed by atoms with Gasteiger partial charge < -0.3 is 4.90 Å². The van der Waals surface area contributed by atoms with Crippen molar-refractivity contribution < 1.29 is 4.79 Å². The van der Waals surface area contributed by atoms with Crippen molar-refractivity contribution in [2.45, 2.75) is 13.5 Å². The van der Waals surface area contributed by atoms with Crippen molar-refractivity contribution in [2.24, 2.45) is 0 Å². The molecule has 0 bridgehead atoms. The van der Waals surface area contributed by atoms with Crippen molar-refractivity contribution >= 4 is 23.4 Å². The van der Waals surface area contributed by atoms with E-state index in [2.05, 4.69) is 0 Å². The first kappa shape index (κ1) is 15.9. The molecule has 3 nitrogen and oxygen atoms in total. The van der Waals surface area contributed by atoms with Crippen LogP contribution in [0.2, 0.25) is 0 Å². The number of thiocyanates is 1. The van der Waals surface area contributed by atoms with E-state index in [9.17, 15) is 4.79 Å². The second kappa shape index (κ2) is 8.06. The molecule has 0 aliphatic rings. The first-order chi connectivity index (χ1) is 10.7. The summed E-state index contributed by atoms with van der Waals surface area (Å²) >= 11 is 1.02. The Kier molecular flexibility index (Phi) is 5.81. The Labute approximate surface area is 134 Å². The van der Waals surface area contributed by atoms with Crippen LogP contribution in [0.4, 0.5) is 0 Å². The summed E-state index contributed by atoms with van der Waals surface area (Å²) in [7, 11) is 0. The molecule has 0 aliphatic carbocycles. The zero-order valence-corrected chi connectivity index (χ0v) is 13.1. The summed E-state index contributed by atoms with van der Waals surface area (Å²) < 4.78 is 0. The average molecular weight is 308 g/mol. The second-order valence-corrected chi connectivity index (χ2v) is 5.32. The lowest BCUT2D eigenvalue weighted by atomic mass is 10.1. The predicted octanol–water partition coefficient (Wildman–Crippen LogP) is 4.25. The molecule has 0 fully saturated rings. The van der Waals surface area contributed by atoms with Gasteiger partial charge in [-0.15, -0.1) is 0 Å². The van der Waals surface area contributed by atoms with E-state index in [1.807, 2.05) is 66.1 Å². The maximum atomic E-state index is 12.1. The molecule has 0 spiro atoms. The molecule has 0 saturated heterocycles. The SMILES string of the molecule is CC(=O)N(Cc1ccccc1)/C(=C/SC#N)c1ccccc1. The lowest BCUT2D eigenvalue weighted by Gasteiger charge is -2.24. The highest BCUT2D eigenvalue weighted by Gasteiger charge is 2.16. The fourth-order valence-electron chi connectivity index (χ4n) is 2.11. The molecule has 0 aromatic heterocycles. The molecule has 2 aromatic carbocycles. The standard InChI is InChI=1S/C18H16N2OS/c1-15(21)20(12-16-8-4-2-5-9-16)18(13-22-14-19)17-10-6-3-7-11-17/h2-11,13H,12H2,1H3/b18-13+. The number of amides is 1. The van der Waals surface area contributed by atoms with E-state index in [-0.39, 0.29) is 5.91 Å². The van der Waals surface area contributed by atoms with Gasteiger partial charge in [0, 0.05) is 12.3 Å². The van der Waals surface area contributed by atoms with E-state index in [1.165, 1.54) is 6.92 Å². The minimum atomic E-state index is -0.0579. The number of hydrogen-bond acceptors (Lipinski definition) is 3. The largest absolute Gasteiger partial charge is 0.307 e. The third-order valence-electron chi connectivity index (χ3n) is 3.15. The van der Waals surface area contributed by atoms with Crippen molar-refractivity contribution in [3.63, 3.8) is 0 Å². The molecular weight excluding hydrogens is 292 g/mol. The van der Waals surface area contributed by atoms with Crippen LogP contribution in [-0.2, 0) is 11.3 Å². The van der Waals surface area contributed by atoms with Crippen LogP contribution >= 0.6 is 11.8 Å². The van der Waals surface area contributed by atoms with Crippen molar-refractivity contribution in [1.82, 2.24) is 4.90 Å². The Morgan fingerprint density at radius 2 is 1.73 bits per heavy atom. The van der Waals surface area contributed by atoms with E-state index >= 15 is 0 Å². The van der Waals surface area contributed by atoms with E-state index in [1.54, 1.807) is 10.3 Å². The Hall–Kier alpha value is -2.51. The smallest absolute Gasteiger partial charge is 0.224 e. The lowest BCUT2D eigenvalue weighted by molar-refractivity contribution is -0.126. The molecule has 0 aliphatic heterocycles. The van der Waals surface area contributed by atoms with Crippen molar-refractivity contribution in [3.05, 3.63) is 77.2 Å². The third kappa shape index (κ3) is 4.24. The van der Waals surface area contributed by atoms with Gasteiger partial charge in [0.1, 0.15) is 5.40 Å². The van der Waals surface area contributed by atoms with Crippen LogP contribution in [0, 0.1) is 10.7 Å². The lowest BCUT2D eigenvalue weighted by Crippen LogP contribution is -2.26. The van der Waals surface area contributed by atoms with Crippen molar-refractivity contribution in [2.75, 3.05) is 0 Å². The number of nitriles is 1. The van der Waals surface area contributed by atoms with E-state index < -0.39 is 0 Å². The molecule has 2 rings (SSSR count).